The molecule has 1 unspecified atom stereocenters. The predicted molar refractivity (Wildman–Crippen MR) is 325 cm³/mol. The first-order valence-electron chi connectivity index (χ1n) is 32.8. The van der Waals surface area contributed by atoms with E-state index in [2.05, 4.69) is 81.5 Å². The minimum Gasteiger partial charge on any atom is -0.462 e. The van der Waals surface area contributed by atoms with E-state index in [1.165, 1.54) is 212 Å². The van der Waals surface area contributed by atoms with E-state index in [4.69, 9.17) is 14.2 Å². The number of hydrogen-bond acceptors (Lipinski definition) is 6. The monoisotopic (exact) mass is 1050 g/mol. The summed E-state index contributed by atoms with van der Waals surface area (Å²) in [6, 6.07) is 0. The highest BCUT2D eigenvalue weighted by Gasteiger charge is 2.19. The minimum atomic E-state index is -0.777. The maximum atomic E-state index is 12.9. The lowest BCUT2D eigenvalue weighted by Crippen LogP contribution is -2.30. The molecule has 0 aromatic heterocycles. The maximum Gasteiger partial charge on any atom is 0.306 e. The van der Waals surface area contributed by atoms with E-state index in [-0.39, 0.29) is 31.1 Å². The van der Waals surface area contributed by atoms with Crippen LogP contribution in [0.15, 0.2) is 60.8 Å². The Morgan fingerprint density at radius 3 is 0.813 bits per heavy atom. The highest BCUT2D eigenvalue weighted by molar-refractivity contribution is 5.71. The summed E-state index contributed by atoms with van der Waals surface area (Å²) in [5.41, 5.74) is 0. The summed E-state index contributed by atoms with van der Waals surface area (Å²) in [5, 5.41) is 0. The van der Waals surface area contributed by atoms with Gasteiger partial charge < -0.3 is 14.2 Å². The van der Waals surface area contributed by atoms with Crippen LogP contribution in [0.2, 0.25) is 0 Å². The van der Waals surface area contributed by atoms with Crippen LogP contribution >= 0.6 is 0 Å². The molecule has 0 saturated carbocycles. The van der Waals surface area contributed by atoms with Gasteiger partial charge in [0.25, 0.3) is 0 Å². The van der Waals surface area contributed by atoms with Crippen LogP contribution in [0.4, 0.5) is 0 Å². The predicted octanol–water partition coefficient (Wildman–Crippen LogP) is 22.3. The molecule has 0 aliphatic carbocycles. The molecule has 1 atom stereocenters. The lowest BCUT2D eigenvalue weighted by Gasteiger charge is -2.18. The van der Waals surface area contributed by atoms with Crippen molar-refractivity contribution in [3.05, 3.63) is 60.8 Å². The van der Waals surface area contributed by atoms with Crippen LogP contribution in [0.5, 0.6) is 0 Å². The van der Waals surface area contributed by atoms with E-state index in [1.54, 1.807) is 0 Å². The quantitative estimate of drug-likeness (QED) is 0.0261. The van der Waals surface area contributed by atoms with Gasteiger partial charge in [-0.25, -0.2) is 0 Å². The van der Waals surface area contributed by atoms with E-state index in [0.717, 1.165) is 89.9 Å². The number of carbonyl (C=O) groups is 3. The highest BCUT2D eigenvalue weighted by Crippen LogP contribution is 2.17. The van der Waals surface area contributed by atoms with Crippen LogP contribution in [0.1, 0.15) is 342 Å². The molecule has 0 aromatic rings. The summed E-state index contributed by atoms with van der Waals surface area (Å²) >= 11 is 0. The first-order chi connectivity index (χ1) is 37.0. The number of esters is 3. The van der Waals surface area contributed by atoms with Gasteiger partial charge in [0.2, 0.25) is 0 Å². The Kier molecular flexibility index (Phi) is 61.2. The molecule has 0 bridgehead atoms. The molecule has 0 spiro atoms. The summed E-state index contributed by atoms with van der Waals surface area (Å²) in [6.45, 7) is 6.55. The molecule has 0 amide bonds. The summed E-state index contributed by atoms with van der Waals surface area (Å²) in [7, 11) is 0. The Balaban J connectivity index is 4.16. The molecule has 0 N–H and O–H groups in total. The van der Waals surface area contributed by atoms with Gasteiger partial charge in [-0.1, -0.05) is 300 Å². The second-order valence-corrected chi connectivity index (χ2v) is 22.0. The first-order valence-corrected chi connectivity index (χ1v) is 32.8. The number of ether oxygens (including phenoxy) is 3. The molecule has 0 heterocycles. The lowest BCUT2D eigenvalue weighted by molar-refractivity contribution is -0.167. The van der Waals surface area contributed by atoms with Gasteiger partial charge in [0.15, 0.2) is 6.10 Å². The molecule has 0 aromatic carbocycles. The normalized spacial score (nSPS) is 12.4. The highest BCUT2D eigenvalue weighted by atomic mass is 16.6. The third-order valence-electron chi connectivity index (χ3n) is 14.5. The van der Waals surface area contributed by atoms with E-state index in [1.807, 2.05) is 0 Å². The Bertz CT molecular complexity index is 1340. The van der Waals surface area contributed by atoms with E-state index in [0.29, 0.717) is 19.3 Å². The molecule has 0 aliphatic rings. The van der Waals surface area contributed by atoms with Crippen LogP contribution in [0, 0.1) is 0 Å². The van der Waals surface area contributed by atoms with Crippen molar-refractivity contribution in [1.82, 2.24) is 0 Å². The van der Waals surface area contributed by atoms with Crippen molar-refractivity contribution >= 4 is 17.9 Å². The zero-order chi connectivity index (χ0) is 54.3. The van der Waals surface area contributed by atoms with Gasteiger partial charge >= 0.3 is 17.9 Å². The smallest absolute Gasteiger partial charge is 0.306 e. The number of hydrogen-bond donors (Lipinski definition) is 0. The third-order valence-corrected chi connectivity index (χ3v) is 14.5. The van der Waals surface area contributed by atoms with Gasteiger partial charge in [0.05, 0.1) is 0 Å². The molecular formula is C69H124O6. The topological polar surface area (TPSA) is 78.9 Å². The first kappa shape index (κ1) is 72.1. The lowest BCUT2D eigenvalue weighted by atomic mass is 10.0. The number of rotatable bonds is 60. The van der Waals surface area contributed by atoms with E-state index >= 15 is 0 Å². The fourth-order valence-corrected chi connectivity index (χ4v) is 9.61. The molecule has 0 rings (SSSR count). The van der Waals surface area contributed by atoms with Crippen molar-refractivity contribution in [2.24, 2.45) is 0 Å². The van der Waals surface area contributed by atoms with Crippen molar-refractivity contribution in [2.45, 2.75) is 348 Å². The molecule has 6 nitrogen and oxygen atoms in total. The minimum absolute atomic E-state index is 0.0742. The van der Waals surface area contributed by atoms with Crippen molar-refractivity contribution in [3.8, 4) is 0 Å². The largest absolute Gasteiger partial charge is 0.462 e. The fraction of sp³-hybridized carbons (Fsp3) is 0.812. The van der Waals surface area contributed by atoms with Crippen LogP contribution < -0.4 is 0 Å². The van der Waals surface area contributed by atoms with Crippen LogP contribution in [0.25, 0.3) is 0 Å². The van der Waals surface area contributed by atoms with Crippen molar-refractivity contribution in [3.63, 3.8) is 0 Å². The Labute approximate surface area is 466 Å². The zero-order valence-corrected chi connectivity index (χ0v) is 50.1. The molecular weight excluding hydrogens is 925 g/mol. The molecule has 6 heteroatoms. The van der Waals surface area contributed by atoms with Crippen LogP contribution in [-0.4, -0.2) is 37.2 Å². The van der Waals surface area contributed by atoms with Gasteiger partial charge in [0.1, 0.15) is 13.2 Å². The number of carbonyl (C=O) groups excluding carboxylic acids is 3. The summed E-state index contributed by atoms with van der Waals surface area (Å²) in [4.78, 5) is 38.2. The molecule has 0 fully saturated rings. The number of allylic oxidation sites excluding steroid dienone is 10. The zero-order valence-electron chi connectivity index (χ0n) is 50.1. The number of unbranched alkanes of at least 4 members (excludes halogenated alkanes) is 39. The second-order valence-electron chi connectivity index (χ2n) is 22.0. The molecule has 436 valence electrons. The average molecular weight is 1050 g/mol. The van der Waals surface area contributed by atoms with Gasteiger partial charge in [0, 0.05) is 19.3 Å². The maximum absolute atomic E-state index is 12.9. The average Bonchev–Trinajstić information content (AvgIpc) is 3.41. The van der Waals surface area contributed by atoms with Gasteiger partial charge in [-0.3, -0.25) is 14.4 Å². The molecule has 0 saturated heterocycles. The summed E-state index contributed by atoms with van der Waals surface area (Å²) < 4.78 is 16.9. The second kappa shape index (κ2) is 63.6. The summed E-state index contributed by atoms with van der Waals surface area (Å²) in [6.07, 6.45) is 81.0. The molecule has 0 aliphatic heterocycles. The van der Waals surface area contributed by atoms with Crippen LogP contribution in [-0.2, 0) is 28.6 Å². The molecule has 75 heavy (non-hydrogen) atoms. The summed E-state index contributed by atoms with van der Waals surface area (Å²) in [5.74, 6) is -0.867. The fourth-order valence-electron chi connectivity index (χ4n) is 9.61. The Hall–Kier alpha value is -2.89. The standard InChI is InChI=1S/C69H124O6/c1-4-7-10-13-16-19-22-24-26-28-29-30-31-32-33-34-35-36-37-38-39-41-42-44-47-50-53-56-59-62-68(71)74-65-66(64-73-67(70)61-58-55-52-49-46-21-18-15-12-9-6-3)75-69(72)63-60-57-54-51-48-45-43-40-27-25-23-20-17-14-11-8-5-2/h8,11,17,20,22,24-25,27-29,66H,4-7,9-10,12-16,18-19,21,23,26,30-65H2,1-3H3/b11-8-,20-17-,24-22-,27-25-,29-28-. The van der Waals surface area contributed by atoms with Crippen molar-refractivity contribution < 1.29 is 28.6 Å². The van der Waals surface area contributed by atoms with Gasteiger partial charge in [-0.2, -0.15) is 0 Å². The van der Waals surface area contributed by atoms with E-state index < -0.39 is 6.10 Å². The molecule has 0 radical (unpaired) electrons. The van der Waals surface area contributed by atoms with Crippen LogP contribution in [0.3, 0.4) is 0 Å². The Morgan fingerprint density at radius 1 is 0.280 bits per heavy atom. The van der Waals surface area contributed by atoms with Gasteiger partial charge in [-0.15, -0.1) is 0 Å². The Morgan fingerprint density at radius 2 is 0.520 bits per heavy atom. The van der Waals surface area contributed by atoms with Gasteiger partial charge in [-0.05, 0) is 83.5 Å². The SMILES string of the molecule is CC/C=C\C/C=C\C/C=C\CCCCCCCCCC(=O)OC(COC(=O)CCCCCCCCCCCCC)COC(=O)CCCCCCCCCCCCCCCCCCC/C=C\C/C=C\CCCCCCC. The van der Waals surface area contributed by atoms with Crippen molar-refractivity contribution in [1.29, 1.82) is 0 Å². The van der Waals surface area contributed by atoms with Crippen molar-refractivity contribution in [2.75, 3.05) is 13.2 Å². The third kappa shape index (κ3) is 61.8. The van der Waals surface area contributed by atoms with E-state index in [9.17, 15) is 14.4 Å².